The molecule has 0 aromatic carbocycles. The normalized spacial score (nSPS) is 25.9. The number of piperidine rings is 1. The van der Waals surface area contributed by atoms with Gasteiger partial charge in [0.2, 0.25) is 0 Å². The average molecular weight is 412 g/mol. The van der Waals surface area contributed by atoms with Gasteiger partial charge in [-0.1, -0.05) is 0 Å². The molecule has 5 rings (SSSR count). The number of aryl methyl sites for hydroxylation is 1. The molecule has 0 saturated carbocycles. The molecule has 1 amide bonds. The fraction of sp³-hybridized carbons (Fsp3) is 0.591. The van der Waals surface area contributed by atoms with Crippen LogP contribution in [-0.4, -0.2) is 64.3 Å². The first-order valence-electron chi connectivity index (χ1n) is 10.8. The maximum atomic E-state index is 13.0. The van der Waals surface area contributed by atoms with Gasteiger partial charge in [0.15, 0.2) is 6.10 Å². The zero-order valence-electron chi connectivity index (χ0n) is 17.4. The van der Waals surface area contributed by atoms with Crippen molar-refractivity contribution in [3.05, 3.63) is 42.2 Å². The monoisotopic (exact) mass is 411 g/mol. The standard InChI is InChI=1S/C22H29N5O3/c1-16-18(3-2-7-23-16)25-20(28)19-14-27-11-8-24-21(27)22(30-19)5-9-26(10-6-22)13-17-4-12-29-15-17/h2-3,7-8,11,17,19H,4-6,9-10,12-15H2,1H3,(H,25,28)/t17-,19+/m1/s1. The highest BCUT2D eigenvalue weighted by atomic mass is 16.5. The second-order valence-electron chi connectivity index (χ2n) is 8.66. The van der Waals surface area contributed by atoms with E-state index in [2.05, 4.69) is 24.8 Å². The number of carbonyl (C=O) groups is 1. The molecule has 1 N–H and O–H groups in total. The summed E-state index contributed by atoms with van der Waals surface area (Å²) in [5.74, 6) is 1.46. The van der Waals surface area contributed by atoms with Crippen molar-refractivity contribution in [1.29, 1.82) is 0 Å². The van der Waals surface area contributed by atoms with Gasteiger partial charge in [-0.05, 0) is 44.2 Å². The molecule has 30 heavy (non-hydrogen) atoms. The lowest BCUT2D eigenvalue weighted by atomic mass is 9.88. The van der Waals surface area contributed by atoms with Crippen LogP contribution in [0.1, 0.15) is 30.8 Å². The van der Waals surface area contributed by atoms with Crippen molar-refractivity contribution < 1.29 is 14.3 Å². The van der Waals surface area contributed by atoms with Crippen molar-refractivity contribution in [3.8, 4) is 0 Å². The van der Waals surface area contributed by atoms with Crippen LogP contribution < -0.4 is 5.32 Å². The predicted octanol–water partition coefficient (Wildman–Crippen LogP) is 1.95. The number of hydrogen-bond donors (Lipinski definition) is 1. The van der Waals surface area contributed by atoms with E-state index in [-0.39, 0.29) is 5.91 Å². The van der Waals surface area contributed by atoms with Crippen LogP contribution in [0.5, 0.6) is 0 Å². The molecule has 5 heterocycles. The third-order valence-electron chi connectivity index (χ3n) is 6.61. The van der Waals surface area contributed by atoms with Gasteiger partial charge in [-0.3, -0.25) is 9.78 Å². The summed E-state index contributed by atoms with van der Waals surface area (Å²) in [6.45, 7) is 7.09. The zero-order chi connectivity index (χ0) is 20.6. The van der Waals surface area contributed by atoms with Crippen LogP contribution in [0.3, 0.4) is 0 Å². The molecule has 2 aromatic rings. The SMILES string of the molecule is Cc1ncccc1NC(=O)[C@@H]1Cn2ccnc2C2(CCN(C[C@H]3CCOC3)CC2)O1. The van der Waals surface area contributed by atoms with Crippen LogP contribution in [0.25, 0.3) is 0 Å². The Morgan fingerprint density at radius 1 is 1.30 bits per heavy atom. The summed E-state index contributed by atoms with van der Waals surface area (Å²) >= 11 is 0. The van der Waals surface area contributed by atoms with Crippen LogP contribution in [-0.2, 0) is 26.4 Å². The number of likely N-dealkylation sites (tertiary alicyclic amines) is 1. The predicted molar refractivity (Wildman–Crippen MR) is 111 cm³/mol. The number of amides is 1. The molecule has 160 valence electrons. The molecule has 0 bridgehead atoms. The van der Waals surface area contributed by atoms with Gasteiger partial charge in [-0.2, -0.15) is 0 Å². The number of imidazole rings is 1. The van der Waals surface area contributed by atoms with Crippen LogP contribution >= 0.6 is 0 Å². The number of nitrogens with zero attached hydrogens (tertiary/aromatic N) is 4. The van der Waals surface area contributed by atoms with Crippen molar-refractivity contribution in [2.24, 2.45) is 5.92 Å². The molecule has 0 unspecified atom stereocenters. The minimum atomic E-state index is -0.555. The van der Waals surface area contributed by atoms with Crippen molar-refractivity contribution in [3.63, 3.8) is 0 Å². The van der Waals surface area contributed by atoms with E-state index >= 15 is 0 Å². The Hall–Kier alpha value is -2.29. The van der Waals surface area contributed by atoms with E-state index in [9.17, 15) is 4.79 Å². The number of pyridine rings is 1. The molecular formula is C22H29N5O3. The highest BCUT2D eigenvalue weighted by Crippen LogP contribution is 2.40. The van der Waals surface area contributed by atoms with Crippen LogP contribution in [0.4, 0.5) is 5.69 Å². The molecule has 1 spiro atoms. The van der Waals surface area contributed by atoms with E-state index in [0.717, 1.165) is 69.3 Å². The molecule has 8 heteroatoms. The molecule has 3 aliphatic rings. The lowest BCUT2D eigenvalue weighted by molar-refractivity contribution is -0.170. The Kier molecular flexibility index (Phi) is 5.30. The molecule has 8 nitrogen and oxygen atoms in total. The summed E-state index contributed by atoms with van der Waals surface area (Å²) in [5.41, 5.74) is 1.02. The third kappa shape index (κ3) is 3.75. The lowest BCUT2D eigenvalue weighted by Gasteiger charge is -2.45. The van der Waals surface area contributed by atoms with E-state index < -0.39 is 11.7 Å². The van der Waals surface area contributed by atoms with Gasteiger partial charge in [0.05, 0.1) is 24.5 Å². The van der Waals surface area contributed by atoms with E-state index in [0.29, 0.717) is 12.5 Å². The Bertz CT molecular complexity index is 900. The Morgan fingerprint density at radius 3 is 2.93 bits per heavy atom. The first kappa shape index (κ1) is 19.7. The van der Waals surface area contributed by atoms with Crippen LogP contribution in [0.15, 0.2) is 30.7 Å². The summed E-state index contributed by atoms with van der Waals surface area (Å²) in [6, 6.07) is 3.69. The van der Waals surface area contributed by atoms with Crippen LogP contribution in [0, 0.1) is 12.8 Å². The summed E-state index contributed by atoms with van der Waals surface area (Å²) in [6.07, 6.45) is 7.77. The Morgan fingerprint density at radius 2 is 2.17 bits per heavy atom. The second kappa shape index (κ2) is 8.09. The fourth-order valence-electron chi connectivity index (χ4n) is 4.89. The van der Waals surface area contributed by atoms with Crippen molar-refractivity contribution in [2.75, 3.05) is 38.2 Å². The van der Waals surface area contributed by atoms with Gasteiger partial charge >= 0.3 is 0 Å². The molecule has 2 saturated heterocycles. The van der Waals surface area contributed by atoms with Crippen LogP contribution in [0.2, 0.25) is 0 Å². The molecule has 0 radical (unpaired) electrons. The molecular weight excluding hydrogens is 382 g/mol. The highest BCUT2D eigenvalue weighted by Gasteiger charge is 2.47. The zero-order valence-corrected chi connectivity index (χ0v) is 17.4. The first-order chi connectivity index (χ1) is 14.6. The second-order valence-corrected chi connectivity index (χ2v) is 8.66. The Balaban J connectivity index is 1.29. The molecule has 3 aliphatic heterocycles. The number of hydrogen-bond acceptors (Lipinski definition) is 6. The van der Waals surface area contributed by atoms with Crippen molar-refractivity contribution >= 4 is 11.6 Å². The summed E-state index contributed by atoms with van der Waals surface area (Å²) in [5, 5.41) is 3.00. The smallest absolute Gasteiger partial charge is 0.255 e. The van der Waals surface area contributed by atoms with Gasteiger partial charge in [0, 0.05) is 44.8 Å². The van der Waals surface area contributed by atoms with Crippen molar-refractivity contribution in [2.45, 2.75) is 44.4 Å². The van der Waals surface area contributed by atoms with Gasteiger partial charge < -0.3 is 24.3 Å². The number of carbonyl (C=O) groups excluding carboxylic acids is 1. The number of fused-ring (bicyclic) bond motifs is 2. The maximum Gasteiger partial charge on any atom is 0.255 e. The van der Waals surface area contributed by atoms with E-state index in [1.165, 1.54) is 0 Å². The Labute approximate surface area is 176 Å². The lowest BCUT2D eigenvalue weighted by Crippen LogP contribution is -2.53. The summed E-state index contributed by atoms with van der Waals surface area (Å²) < 4.78 is 14.1. The average Bonchev–Trinajstić information content (AvgIpc) is 3.44. The van der Waals surface area contributed by atoms with E-state index in [1.807, 2.05) is 31.5 Å². The third-order valence-corrected chi connectivity index (χ3v) is 6.61. The minimum absolute atomic E-state index is 0.129. The topological polar surface area (TPSA) is 81.5 Å². The van der Waals surface area contributed by atoms with Crippen molar-refractivity contribution in [1.82, 2.24) is 19.4 Å². The molecule has 2 aromatic heterocycles. The fourth-order valence-corrected chi connectivity index (χ4v) is 4.89. The van der Waals surface area contributed by atoms with E-state index in [4.69, 9.17) is 9.47 Å². The highest BCUT2D eigenvalue weighted by molar-refractivity contribution is 5.94. The van der Waals surface area contributed by atoms with Gasteiger partial charge in [-0.25, -0.2) is 4.98 Å². The van der Waals surface area contributed by atoms with Gasteiger partial charge in [0.25, 0.3) is 5.91 Å². The molecule has 0 aliphatic carbocycles. The van der Waals surface area contributed by atoms with E-state index in [1.54, 1.807) is 6.20 Å². The van der Waals surface area contributed by atoms with Gasteiger partial charge in [0.1, 0.15) is 11.4 Å². The number of anilines is 1. The number of ether oxygens (including phenoxy) is 2. The largest absolute Gasteiger partial charge is 0.381 e. The maximum absolute atomic E-state index is 13.0. The first-order valence-corrected chi connectivity index (χ1v) is 10.8. The summed E-state index contributed by atoms with van der Waals surface area (Å²) in [4.78, 5) is 24.4. The summed E-state index contributed by atoms with van der Waals surface area (Å²) in [7, 11) is 0. The molecule has 2 atom stereocenters. The quantitative estimate of drug-likeness (QED) is 0.828. The molecule has 2 fully saturated rings. The minimum Gasteiger partial charge on any atom is -0.381 e. The number of nitrogens with one attached hydrogen (secondary N) is 1. The number of rotatable bonds is 4. The van der Waals surface area contributed by atoms with Gasteiger partial charge in [-0.15, -0.1) is 0 Å². The number of aromatic nitrogens is 3.